The van der Waals surface area contributed by atoms with E-state index in [1.807, 2.05) is 30.3 Å². The van der Waals surface area contributed by atoms with Gasteiger partial charge in [-0.15, -0.1) is 0 Å². The molecule has 0 aliphatic heterocycles. The number of aryl methyl sites for hydroxylation is 1. The van der Waals surface area contributed by atoms with Crippen molar-refractivity contribution in [1.29, 1.82) is 0 Å². The summed E-state index contributed by atoms with van der Waals surface area (Å²) in [6, 6.07) is 14.6. The fraction of sp³-hybridized carbons (Fsp3) is 0.158. The molecule has 24 heavy (non-hydrogen) atoms. The molecule has 3 rings (SSSR count). The predicted molar refractivity (Wildman–Crippen MR) is 99.6 cm³/mol. The van der Waals surface area contributed by atoms with Gasteiger partial charge in [-0.1, -0.05) is 30.3 Å². The average Bonchev–Trinajstić information content (AvgIpc) is 2.55. The van der Waals surface area contributed by atoms with Crippen molar-refractivity contribution in [2.45, 2.75) is 6.92 Å². The van der Waals surface area contributed by atoms with Crippen LogP contribution in [-0.2, 0) is 0 Å². The molecular weight excluding hydrogens is 322 g/mol. The Balaban J connectivity index is 2.11. The van der Waals surface area contributed by atoms with Gasteiger partial charge in [0.25, 0.3) is 5.17 Å². The first-order valence-corrected chi connectivity index (χ1v) is 7.90. The van der Waals surface area contributed by atoms with E-state index in [1.165, 1.54) is 0 Å². The Kier molecular flexibility index (Phi) is 4.36. The lowest BCUT2D eigenvalue weighted by atomic mass is 10.0. The van der Waals surface area contributed by atoms with Crippen molar-refractivity contribution in [2.24, 2.45) is 0 Å². The van der Waals surface area contributed by atoms with E-state index in [0.29, 0.717) is 33.2 Å². The number of ether oxygens (including phenoxy) is 1. The van der Waals surface area contributed by atoms with Crippen molar-refractivity contribution in [1.82, 2.24) is 4.90 Å². The topological polar surface area (TPSA) is 42.7 Å². The lowest BCUT2D eigenvalue weighted by molar-refractivity contribution is 0.448. The normalized spacial score (nSPS) is 10.6. The molecule has 0 saturated carbocycles. The first-order valence-electron chi connectivity index (χ1n) is 7.49. The molecule has 1 aromatic heterocycles. The molecule has 0 atom stereocenters. The third-order valence-corrected chi connectivity index (χ3v) is 4.12. The van der Waals surface area contributed by atoms with Gasteiger partial charge in [0, 0.05) is 20.2 Å². The van der Waals surface area contributed by atoms with Crippen LogP contribution in [0.1, 0.15) is 5.76 Å². The summed E-state index contributed by atoms with van der Waals surface area (Å²) in [5, 5.41) is 0.858. The second kappa shape index (κ2) is 6.45. The molecule has 2 aromatic carbocycles. The average molecular weight is 339 g/mol. The maximum atomic E-state index is 12.9. The van der Waals surface area contributed by atoms with Crippen molar-refractivity contribution < 1.29 is 9.15 Å². The van der Waals surface area contributed by atoms with Crippen molar-refractivity contribution in [2.75, 3.05) is 14.1 Å². The SMILES string of the molecule is Cc1oc2cc(OC(=S)N(C)C)ccc2c(=O)c1-c1ccccc1. The number of rotatable bonds is 2. The maximum absolute atomic E-state index is 12.9. The van der Waals surface area contributed by atoms with E-state index in [1.54, 1.807) is 44.1 Å². The third-order valence-electron chi connectivity index (χ3n) is 3.67. The van der Waals surface area contributed by atoms with Crippen LogP contribution < -0.4 is 10.2 Å². The van der Waals surface area contributed by atoms with Crippen LogP contribution in [0.3, 0.4) is 0 Å². The third kappa shape index (κ3) is 3.03. The van der Waals surface area contributed by atoms with Gasteiger partial charge in [-0.3, -0.25) is 4.79 Å². The molecular formula is C19H17NO3S. The molecule has 0 spiro atoms. The zero-order valence-corrected chi connectivity index (χ0v) is 14.5. The number of hydrogen-bond donors (Lipinski definition) is 0. The Morgan fingerprint density at radius 3 is 2.50 bits per heavy atom. The van der Waals surface area contributed by atoms with Crippen molar-refractivity contribution in [3.05, 3.63) is 64.5 Å². The Morgan fingerprint density at radius 1 is 1.12 bits per heavy atom. The summed E-state index contributed by atoms with van der Waals surface area (Å²) in [7, 11) is 3.61. The summed E-state index contributed by atoms with van der Waals surface area (Å²) in [4.78, 5) is 14.6. The van der Waals surface area contributed by atoms with E-state index in [9.17, 15) is 4.79 Å². The first kappa shape index (κ1) is 16.2. The van der Waals surface area contributed by atoms with Gasteiger partial charge >= 0.3 is 0 Å². The number of thiocarbonyl (C=S) groups is 1. The van der Waals surface area contributed by atoms with Gasteiger partial charge in [-0.05, 0) is 36.8 Å². The van der Waals surface area contributed by atoms with E-state index < -0.39 is 0 Å². The molecule has 5 heteroatoms. The molecule has 0 radical (unpaired) electrons. The highest BCUT2D eigenvalue weighted by molar-refractivity contribution is 7.80. The van der Waals surface area contributed by atoms with Gasteiger partial charge in [0.15, 0.2) is 0 Å². The summed E-state index contributed by atoms with van der Waals surface area (Å²) in [5.41, 5.74) is 1.86. The maximum Gasteiger partial charge on any atom is 0.264 e. The Morgan fingerprint density at radius 2 is 1.83 bits per heavy atom. The molecule has 0 aliphatic rings. The minimum Gasteiger partial charge on any atom is -0.460 e. The molecule has 0 bridgehead atoms. The van der Waals surface area contributed by atoms with Gasteiger partial charge in [-0.25, -0.2) is 0 Å². The Bertz CT molecular complexity index is 962. The molecule has 4 nitrogen and oxygen atoms in total. The largest absolute Gasteiger partial charge is 0.460 e. The Labute approximate surface area is 145 Å². The molecule has 0 fully saturated rings. The zero-order valence-electron chi connectivity index (χ0n) is 13.7. The van der Waals surface area contributed by atoms with Crippen LogP contribution in [0.2, 0.25) is 0 Å². The van der Waals surface area contributed by atoms with Crippen LogP contribution in [0.4, 0.5) is 0 Å². The molecule has 0 aliphatic carbocycles. The highest BCUT2D eigenvalue weighted by Crippen LogP contribution is 2.26. The van der Waals surface area contributed by atoms with Crippen molar-refractivity contribution >= 4 is 28.4 Å². The molecule has 0 amide bonds. The summed E-state index contributed by atoms with van der Waals surface area (Å²) < 4.78 is 11.4. The standard InChI is InChI=1S/C19H17NO3S/c1-12-17(13-7-5-4-6-8-13)18(21)15-10-9-14(11-16(15)22-12)23-19(24)20(2)3/h4-11H,1-3H3. The monoisotopic (exact) mass is 339 g/mol. The van der Waals surface area contributed by atoms with Crippen molar-refractivity contribution in [3.63, 3.8) is 0 Å². The number of nitrogens with zero attached hydrogens (tertiary/aromatic N) is 1. The van der Waals surface area contributed by atoms with Crippen LogP contribution >= 0.6 is 12.2 Å². The highest BCUT2D eigenvalue weighted by Gasteiger charge is 2.14. The van der Waals surface area contributed by atoms with Crippen LogP contribution in [0.25, 0.3) is 22.1 Å². The van der Waals surface area contributed by atoms with Crippen LogP contribution in [-0.4, -0.2) is 24.2 Å². The minimum atomic E-state index is -0.0540. The van der Waals surface area contributed by atoms with E-state index in [4.69, 9.17) is 21.4 Å². The second-order valence-corrected chi connectivity index (χ2v) is 6.00. The summed E-state index contributed by atoms with van der Waals surface area (Å²) in [5.74, 6) is 1.11. The fourth-order valence-electron chi connectivity index (χ4n) is 2.48. The quantitative estimate of drug-likeness (QED) is 0.660. The predicted octanol–water partition coefficient (Wildman–Crippen LogP) is 3.99. The lowest BCUT2D eigenvalue weighted by Gasteiger charge is -2.14. The van der Waals surface area contributed by atoms with Gasteiger partial charge < -0.3 is 14.1 Å². The van der Waals surface area contributed by atoms with Crippen molar-refractivity contribution in [3.8, 4) is 16.9 Å². The summed E-state index contributed by atoms with van der Waals surface area (Å²) in [6.07, 6.45) is 0. The summed E-state index contributed by atoms with van der Waals surface area (Å²) >= 11 is 5.13. The fourth-order valence-corrected chi connectivity index (χ4v) is 2.58. The lowest BCUT2D eigenvalue weighted by Crippen LogP contribution is -2.24. The number of hydrogen-bond acceptors (Lipinski definition) is 4. The molecule has 122 valence electrons. The van der Waals surface area contributed by atoms with Crippen LogP contribution in [0.15, 0.2) is 57.7 Å². The number of fused-ring (bicyclic) bond motifs is 1. The number of benzene rings is 2. The van der Waals surface area contributed by atoms with Gasteiger partial charge in [0.2, 0.25) is 5.43 Å². The molecule has 3 aromatic rings. The van der Waals surface area contributed by atoms with Gasteiger partial charge in [0.05, 0.1) is 10.9 Å². The Hall–Kier alpha value is -2.66. The van der Waals surface area contributed by atoms with E-state index in [-0.39, 0.29) is 5.43 Å². The molecule has 0 N–H and O–H groups in total. The zero-order chi connectivity index (χ0) is 17.3. The van der Waals surface area contributed by atoms with Gasteiger partial charge in [-0.2, -0.15) is 0 Å². The smallest absolute Gasteiger partial charge is 0.264 e. The minimum absolute atomic E-state index is 0.0540. The van der Waals surface area contributed by atoms with Gasteiger partial charge in [0.1, 0.15) is 17.1 Å². The van der Waals surface area contributed by atoms with Crippen LogP contribution in [0, 0.1) is 6.92 Å². The van der Waals surface area contributed by atoms with E-state index in [0.717, 1.165) is 5.56 Å². The molecule has 0 saturated heterocycles. The van der Waals surface area contributed by atoms with E-state index >= 15 is 0 Å². The molecule has 0 unspecified atom stereocenters. The van der Waals surface area contributed by atoms with E-state index in [2.05, 4.69) is 0 Å². The molecule has 1 heterocycles. The first-order chi connectivity index (χ1) is 11.5. The second-order valence-electron chi connectivity index (χ2n) is 5.65. The highest BCUT2D eigenvalue weighted by atomic mass is 32.1. The van der Waals surface area contributed by atoms with Crippen LogP contribution in [0.5, 0.6) is 5.75 Å². The summed E-state index contributed by atoms with van der Waals surface area (Å²) in [6.45, 7) is 1.79.